The summed E-state index contributed by atoms with van der Waals surface area (Å²) in [6, 6.07) is 0. The zero-order chi connectivity index (χ0) is 41.3. The minimum Gasteiger partial charge on any atom is -0.491 e. The van der Waals surface area contributed by atoms with E-state index in [0.717, 1.165) is 5.57 Å². The van der Waals surface area contributed by atoms with Crippen molar-refractivity contribution in [3.63, 3.8) is 0 Å². The largest absolute Gasteiger partial charge is 0.491 e. The van der Waals surface area contributed by atoms with Crippen LogP contribution in [0.1, 0.15) is 20.8 Å². The van der Waals surface area contributed by atoms with Crippen LogP contribution in [0.5, 0.6) is 0 Å². The molecule has 19 heteroatoms. The van der Waals surface area contributed by atoms with Gasteiger partial charge >= 0.3 is 11.9 Å². The van der Waals surface area contributed by atoms with Crippen molar-refractivity contribution in [2.45, 2.75) is 113 Å². The molecule has 0 radical (unpaired) electrons. The summed E-state index contributed by atoms with van der Waals surface area (Å²) in [5.74, 6) is -1.40. The molecule has 4 aliphatic heterocycles. The SMILES string of the molecule is CC(=C/C=C/C=C1/C=C/C=C(\C)C(=O)O[C@@H]2OC(CO1)[C@@H](O)[C@H](O)C2O)/C=C/C=C(\C)C(=O)O[C@@H]1OC(CO[C@@H]2OC(CO)[C@@H](O)[C@H](O)C2O)[C@@H](O)[C@H](O)C1O. The number of hydrogen-bond acceptors (Lipinski definition) is 19. The van der Waals surface area contributed by atoms with Gasteiger partial charge in [-0.3, -0.25) is 0 Å². The quantitative estimate of drug-likeness (QED) is 0.0596. The van der Waals surface area contributed by atoms with E-state index in [4.69, 9.17) is 33.2 Å². The molecule has 0 aromatic heterocycles. The molecule has 4 aliphatic rings. The molecule has 19 nitrogen and oxygen atoms in total. The molecule has 312 valence electrons. The van der Waals surface area contributed by atoms with Crippen LogP contribution in [0.15, 0.2) is 83.2 Å². The van der Waals surface area contributed by atoms with Gasteiger partial charge < -0.3 is 84.2 Å². The summed E-state index contributed by atoms with van der Waals surface area (Å²) >= 11 is 0. The molecule has 15 atom stereocenters. The molecule has 56 heavy (non-hydrogen) atoms. The molecule has 0 aromatic carbocycles. The zero-order valence-corrected chi connectivity index (χ0v) is 30.7. The average Bonchev–Trinajstić information content (AvgIpc) is 3.17. The third-order valence-electron chi connectivity index (χ3n) is 9.16. The van der Waals surface area contributed by atoms with Crippen molar-refractivity contribution in [2.75, 3.05) is 19.8 Å². The fraction of sp³-hybridized carbons (Fsp3) is 0.568. The summed E-state index contributed by atoms with van der Waals surface area (Å²) < 4.78 is 37.7. The molecule has 4 rings (SSSR count). The van der Waals surface area contributed by atoms with Gasteiger partial charge in [-0.05, 0) is 32.9 Å². The monoisotopic (exact) mass is 798 g/mol. The topological polar surface area (TPSA) is 301 Å². The minimum atomic E-state index is -1.85. The fourth-order valence-corrected chi connectivity index (χ4v) is 5.61. The normalized spacial score (nSPS) is 41.3. The van der Waals surface area contributed by atoms with Gasteiger partial charge in [0, 0.05) is 11.1 Å². The van der Waals surface area contributed by atoms with E-state index in [2.05, 4.69) is 0 Å². The number of hydrogen-bond donors (Lipinski definition) is 10. The van der Waals surface area contributed by atoms with Crippen LogP contribution in [0.3, 0.4) is 0 Å². The fourth-order valence-electron chi connectivity index (χ4n) is 5.61. The van der Waals surface area contributed by atoms with Crippen molar-refractivity contribution in [1.29, 1.82) is 0 Å². The van der Waals surface area contributed by atoms with Crippen LogP contribution in [0.25, 0.3) is 0 Å². The molecule has 10 N–H and O–H groups in total. The van der Waals surface area contributed by atoms with E-state index in [-0.39, 0.29) is 17.8 Å². The Hall–Kier alpha value is -3.64. The van der Waals surface area contributed by atoms with Crippen LogP contribution >= 0.6 is 0 Å². The Bertz CT molecular complexity index is 1560. The summed E-state index contributed by atoms with van der Waals surface area (Å²) in [4.78, 5) is 25.2. The first-order chi connectivity index (χ1) is 26.5. The molecule has 0 spiro atoms. The highest BCUT2D eigenvalue weighted by molar-refractivity contribution is 5.88. The Labute approximate surface area is 321 Å². The Morgan fingerprint density at radius 1 is 0.786 bits per heavy atom. The Morgan fingerprint density at radius 3 is 2.12 bits per heavy atom. The molecule has 2 bridgehead atoms. The van der Waals surface area contributed by atoms with E-state index in [1.165, 1.54) is 26.0 Å². The number of aliphatic hydroxyl groups is 10. The Balaban J connectivity index is 1.33. The number of carbonyl (C=O) groups excluding carboxylic acids is 2. The summed E-state index contributed by atoms with van der Waals surface area (Å²) in [6.45, 7) is 3.15. The van der Waals surface area contributed by atoms with Gasteiger partial charge in [0.25, 0.3) is 0 Å². The van der Waals surface area contributed by atoms with E-state index >= 15 is 0 Å². The van der Waals surface area contributed by atoms with E-state index in [1.807, 2.05) is 0 Å². The smallest absolute Gasteiger partial charge is 0.336 e. The third-order valence-corrected chi connectivity index (χ3v) is 9.16. The van der Waals surface area contributed by atoms with Gasteiger partial charge in [0.15, 0.2) is 6.29 Å². The molecule has 4 heterocycles. The first kappa shape index (κ1) is 45.1. The molecular formula is C37H50O19. The maximum Gasteiger partial charge on any atom is 0.336 e. The maximum absolute atomic E-state index is 12.8. The second-order valence-electron chi connectivity index (χ2n) is 13.5. The van der Waals surface area contributed by atoms with Crippen LogP contribution < -0.4 is 0 Å². The predicted molar refractivity (Wildman–Crippen MR) is 188 cm³/mol. The van der Waals surface area contributed by atoms with E-state index in [9.17, 15) is 60.7 Å². The number of esters is 2. The highest BCUT2D eigenvalue weighted by atomic mass is 16.7. The average molecular weight is 799 g/mol. The standard InChI is InChI=1S/C37H50O19/c1-17(8-4-5-12-20-13-7-11-19(3)34(49)56-36-31(46)28(43)25(40)22(53-36)15-50-20)9-6-10-18(2)33(48)55-37-32(47)29(44)26(41)23(54-37)16-51-35-30(45)27(42)24(39)21(14-38)52-35/h4-13,21-32,35-47H,14-16H2,1-3H3/b5-4+,9-6+,13-7+,17-8-,18-10+,19-11+,20-12-/t21?,22?,23?,24-,25-,26-,27+,28+,29+,30?,31?,32?,35-,36+,37+/m1/s1. The predicted octanol–water partition coefficient (Wildman–Crippen LogP) is -3.07. The molecule has 0 aromatic rings. The lowest BCUT2D eigenvalue weighted by Crippen LogP contribution is -2.61. The van der Waals surface area contributed by atoms with Gasteiger partial charge in [-0.25, -0.2) is 9.59 Å². The van der Waals surface area contributed by atoms with Crippen molar-refractivity contribution in [1.82, 2.24) is 0 Å². The highest BCUT2D eigenvalue weighted by Crippen LogP contribution is 2.27. The second kappa shape index (κ2) is 20.7. The maximum atomic E-state index is 12.8. The lowest BCUT2D eigenvalue weighted by molar-refractivity contribution is -0.326. The minimum absolute atomic E-state index is 0.0734. The zero-order valence-electron chi connectivity index (χ0n) is 30.7. The summed E-state index contributed by atoms with van der Waals surface area (Å²) in [5, 5.41) is 101. The number of rotatable bonds is 10. The van der Waals surface area contributed by atoms with Crippen LogP contribution in [-0.2, 0) is 42.7 Å². The molecule has 0 aliphatic carbocycles. The second-order valence-corrected chi connectivity index (χ2v) is 13.5. The van der Waals surface area contributed by atoms with Gasteiger partial charge in [0.2, 0.25) is 12.6 Å². The first-order valence-corrected chi connectivity index (χ1v) is 17.6. The molecular weight excluding hydrogens is 748 g/mol. The van der Waals surface area contributed by atoms with Crippen LogP contribution in [0.2, 0.25) is 0 Å². The first-order valence-electron chi connectivity index (χ1n) is 17.6. The van der Waals surface area contributed by atoms with E-state index in [1.54, 1.807) is 55.5 Å². The van der Waals surface area contributed by atoms with Gasteiger partial charge in [-0.15, -0.1) is 0 Å². The van der Waals surface area contributed by atoms with E-state index < -0.39 is 117 Å². The Kier molecular flexibility index (Phi) is 16.6. The van der Waals surface area contributed by atoms with E-state index in [0.29, 0.717) is 5.76 Å². The molecule has 6 unspecified atom stereocenters. The number of fused-ring (bicyclic) bond motifs is 2. The van der Waals surface area contributed by atoms with Crippen molar-refractivity contribution < 1.29 is 93.8 Å². The van der Waals surface area contributed by atoms with Gasteiger partial charge in [0.05, 0.1) is 13.2 Å². The van der Waals surface area contributed by atoms with Crippen molar-refractivity contribution >= 4 is 11.9 Å². The van der Waals surface area contributed by atoms with Crippen LogP contribution in [-0.4, -0.2) is 175 Å². The number of ether oxygens (including phenoxy) is 7. The van der Waals surface area contributed by atoms with Crippen LogP contribution in [0, 0.1) is 0 Å². The summed E-state index contributed by atoms with van der Waals surface area (Å²) in [5.41, 5.74) is 0.995. The van der Waals surface area contributed by atoms with Gasteiger partial charge in [-0.2, -0.15) is 0 Å². The Morgan fingerprint density at radius 2 is 1.43 bits per heavy atom. The summed E-state index contributed by atoms with van der Waals surface area (Å²) in [7, 11) is 0. The highest BCUT2D eigenvalue weighted by Gasteiger charge is 2.49. The van der Waals surface area contributed by atoms with Crippen molar-refractivity contribution in [3.05, 3.63) is 83.2 Å². The number of carbonyl (C=O) groups is 2. The lowest BCUT2D eigenvalue weighted by atomic mass is 9.98. The lowest BCUT2D eigenvalue weighted by Gasteiger charge is -2.42. The van der Waals surface area contributed by atoms with Gasteiger partial charge in [-0.1, -0.05) is 54.2 Å². The molecule has 3 fully saturated rings. The van der Waals surface area contributed by atoms with Gasteiger partial charge in [0.1, 0.15) is 85.6 Å². The molecule has 3 saturated heterocycles. The van der Waals surface area contributed by atoms with Crippen molar-refractivity contribution in [2.24, 2.45) is 0 Å². The summed E-state index contributed by atoms with van der Waals surface area (Å²) in [6.07, 6.45) is -8.08. The number of allylic oxidation sites excluding steroid dienone is 11. The third kappa shape index (κ3) is 11.5. The molecule has 0 amide bonds. The number of aliphatic hydroxyl groups excluding tert-OH is 10. The molecule has 0 saturated carbocycles. The van der Waals surface area contributed by atoms with Crippen molar-refractivity contribution in [3.8, 4) is 0 Å². The van der Waals surface area contributed by atoms with Crippen LogP contribution in [0.4, 0.5) is 0 Å².